The molecule has 0 aromatic heterocycles. The zero-order valence-corrected chi connectivity index (χ0v) is 19.2. The molecule has 0 radical (unpaired) electrons. The maximum atomic E-state index is 12.9. The lowest BCUT2D eigenvalue weighted by atomic mass is 9.95. The van der Waals surface area contributed by atoms with E-state index in [1.807, 2.05) is 24.3 Å². The van der Waals surface area contributed by atoms with Crippen LogP contribution in [0.15, 0.2) is 48.5 Å². The van der Waals surface area contributed by atoms with E-state index in [0.29, 0.717) is 13.0 Å². The number of alkyl carbamates (subject to hydrolysis) is 1. The first-order chi connectivity index (χ1) is 16.2. The van der Waals surface area contributed by atoms with Crippen molar-refractivity contribution in [3.8, 4) is 11.1 Å². The van der Waals surface area contributed by atoms with Crippen molar-refractivity contribution in [3.63, 3.8) is 0 Å². The van der Waals surface area contributed by atoms with E-state index in [0.717, 1.165) is 38.5 Å². The van der Waals surface area contributed by atoms with E-state index in [9.17, 15) is 9.59 Å². The van der Waals surface area contributed by atoms with E-state index in [2.05, 4.69) is 34.9 Å². The van der Waals surface area contributed by atoms with Gasteiger partial charge in [0.2, 0.25) is 5.91 Å². The molecular weight excluding hydrogens is 414 g/mol. The fraction of sp³-hybridized carbons (Fsp3) is 0.481. The van der Waals surface area contributed by atoms with Crippen molar-refractivity contribution in [1.82, 2.24) is 10.6 Å². The zero-order valence-electron chi connectivity index (χ0n) is 19.2. The molecule has 0 aliphatic heterocycles. The van der Waals surface area contributed by atoms with Crippen LogP contribution < -0.4 is 16.4 Å². The number of hydrogen-bond donors (Lipinski definition) is 3. The Morgan fingerprint density at radius 1 is 0.939 bits per heavy atom. The van der Waals surface area contributed by atoms with Crippen LogP contribution in [-0.4, -0.2) is 37.2 Å². The third-order valence-electron chi connectivity index (χ3n) is 6.85. The molecule has 4 N–H and O–H groups in total. The largest absolute Gasteiger partial charge is 0.449 e. The van der Waals surface area contributed by atoms with E-state index in [-0.39, 0.29) is 24.5 Å². The predicted molar refractivity (Wildman–Crippen MR) is 130 cm³/mol. The first kappa shape index (κ1) is 23.3. The van der Waals surface area contributed by atoms with E-state index in [4.69, 9.17) is 10.5 Å². The van der Waals surface area contributed by atoms with Crippen molar-refractivity contribution in [2.24, 2.45) is 5.73 Å². The van der Waals surface area contributed by atoms with Gasteiger partial charge in [0.25, 0.3) is 0 Å². The van der Waals surface area contributed by atoms with Gasteiger partial charge in [-0.3, -0.25) is 4.79 Å². The lowest BCUT2D eigenvalue weighted by Gasteiger charge is -2.26. The molecule has 1 fully saturated rings. The van der Waals surface area contributed by atoms with Gasteiger partial charge in [-0.15, -0.1) is 0 Å². The number of ether oxygens (including phenoxy) is 1. The van der Waals surface area contributed by atoms with Gasteiger partial charge < -0.3 is 21.1 Å². The quantitative estimate of drug-likeness (QED) is 0.492. The summed E-state index contributed by atoms with van der Waals surface area (Å²) in [4.78, 5) is 25.6. The van der Waals surface area contributed by atoms with Gasteiger partial charge in [0.15, 0.2) is 0 Å². The van der Waals surface area contributed by atoms with Crippen molar-refractivity contribution in [1.29, 1.82) is 0 Å². The maximum absolute atomic E-state index is 12.9. The van der Waals surface area contributed by atoms with Gasteiger partial charge in [0, 0.05) is 12.0 Å². The summed E-state index contributed by atoms with van der Waals surface area (Å²) >= 11 is 0. The number of rotatable bonds is 9. The number of amides is 2. The monoisotopic (exact) mass is 449 g/mol. The average molecular weight is 450 g/mol. The topological polar surface area (TPSA) is 93.4 Å². The molecule has 0 heterocycles. The third kappa shape index (κ3) is 5.74. The molecule has 6 nitrogen and oxygen atoms in total. The van der Waals surface area contributed by atoms with Crippen molar-refractivity contribution in [2.45, 2.75) is 69.4 Å². The summed E-state index contributed by atoms with van der Waals surface area (Å²) in [6.07, 6.45) is 7.13. The lowest BCUT2D eigenvalue weighted by Crippen LogP contribution is -2.50. The Bertz CT molecular complexity index is 910. The number of hydrogen-bond acceptors (Lipinski definition) is 4. The fourth-order valence-corrected chi connectivity index (χ4v) is 5.09. The SMILES string of the molecule is NCCCC[C@@H](NC(=O)OCC1c2ccccc2-c2ccccc21)C(=O)NC1CCCCC1. The molecule has 33 heavy (non-hydrogen) atoms. The number of benzene rings is 2. The summed E-state index contributed by atoms with van der Waals surface area (Å²) < 4.78 is 5.66. The summed E-state index contributed by atoms with van der Waals surface area (Å²) in [7, 11) is 0. The van der Waals surface area contributed by atoms with Crippen molar-refractivity contribution < 1.29 is 14.3 Å². The molecule has 0 unspecified atom stereocenters. The van der Waals surface area contributed by atoms with E-state index < -0.39 is 12.1 Å². The molecule has 2 aliphatic rings. The average Bonchev–Trinajstić information content (AvgIpc) is 3.16. The van der Waals surface area contributed by atoms with Gasteiger partial charge in [-0.2, -0.15) is 0 Å². The van der Waals surface area contributed by atoms with E-state index >= 15 is 0 Å². The van der Waals surface area contributed by atoms with Gasteiger partial charge in [-0.25, -0.2) is 4.79 Å². The van der Waals surface area contributed by atoms with Crippen LogP contribution in [0, 0.1) is 0 Å². The highest BCUT2D eigenvalue weighted by atomic mass is 16.5. The van der Waals surface area contributed by atoms with Crippen LogP contribution in [0.3, 0.4) is 0 Å². The van der Waals surface area contributed by atoms with E-state index in [1.165, 1.54) is 28.7 Å². The predicted octanol–water partition coefficient (Wildman–Crippen LogP) is 4.47. The molecule has 2 aliphatic carbocycles. The number of nitrogens with two attached hydrogens (primary N) is 1. The first-order valence-corrected chi connectivity index (χ1v) is 12.3. The Labute approximate surface area is 196 Å². The van der Waals surface area contributed by atoms with E-state index in [1.54, 1.807) is 0 Å². The summed E-state index contributed by atoms with van der Waals surface area (Å²) in [5.41, 5.74) is 10.3. The molecule has 6 heteroatoms. The molecule has 4 rings (SSSR count). The fourth-order valence-electron chi connectivity index (χ4n) is 5.09. The maximum Gasteiger partial charge on any atom is 0.407 e. The summed E-state index contributed by atoms with van der Waals surface area (Å²) in [6.45, 7) is 0.807. The first-order valence-electron chi connectivity index (χ1n) is 12.3. The molecular formula is C27H35N3O3. The second-order valence-corrected chi connectivity index (χ2v) is 9.15. The summed E-state index contributed by atoms with van der Waals surface area (Å²) in [5.74, 6) is -0.123. The Kier molecular flexibility index (Phi) is 8.00. The minimum absolute atomic E-state index is 0.00472. The standard InChI is InChI=1S/C27H35N3O3/c28-17-9-8-16-25(26(31)29-19-10-2-1-3-11-19)30-27(32)33-18-24-22-14-6-4-12-20(22)21-13-5-7-15-23(21)24/h4-7,12-15,19,24-25H,1-3,8-11,16-18,28H2,(H,29,31)(H,30,32)/t25-/m1/s1. The van der Waals surface area contributed by atoms with Crippen LogP contribution >= 0.6 is 0 Å². The Morgan fingerprint density at radius 2 is 1.58 bits per heavy atom. The van der Waals surface area contributed by atoms with Crippen LogP contribution in [0.25, 0.3) is 11.1 Å². The zero-order chi connectivity index (χ0) is 23.0. The number of fused-ring (bicyclic) bond motifs is 3. The van der Waals surface area contributed by atoms with Gasteiger partial charge >= 0.3 is 6.09 Å². The number of carbonyl (C=O) groups excluding carboxylic acids is 2. The molecule has 0 saturated heterocycles. The molecule has 176 valence electrons. The van der Waals surface area contributed by atoms with Crippen LogP contribution in [0.2, 0.25) is 0 Å². The van der Waals surface area contributed by atoms with Crippen molar-refractivity contribution in [2.75, 3.05) is 13.2 Å². The molecule has 1 saturated carbocycles. The normalized spacial score (nSPS) is 16.5. The summed E-state index contributed by atoms with van der Waals surface area (Å²) in [6, 6.07) is 16.1. The number of unbranched alkanes of at least 4 members (excludes halogenated alkanes) is 1. The van der Waals surface area contributed by atoms with Crippen LogP contribution in [0.1, 0.15) is 68.4 Å². The Morgan fingerprint density at radius 3 is 2.21 bits per heavy atom. The minimum Gasteiger partial charge on any atom is -0.449 e. The molecule has 2 aromatic rings. The van der Waals surface area contributed by atoms with Gasteiger partial charge in [0.1, 0.15) is 12.6 Å². The smallest absolute Gasteiger partial charge is 0.407 e. The summed E-state index contributed by atoms with van der Waals surface area (Å²) in [5, 5.41) is 5.96. The van der Waals surface area contributed by atoms with Crippen molar-refractivity contribution >= 4 is 12.0 Å². The van der Waals surface area contributed by atoms with Gasteiger partial charge in [0.05, 0.1) is 0 Å². The molecule has 1 atom stereocenters. The minimum atomic E-state index is -0.603. The highest BCUT2D eigenvalue weighted by Crippen LogP contribution is 2.44. The lowest BCUT2D eigenvalue weighted by molar-refractivity contribution is -0.124. The highest BCUT2D eigenvalue weighted by molar-refractivity contribution is 5.86. The van der Waals surface area contributed by atoms with Gasteiger partial charge in [-0.05, 0) is 60.9 Å². The van der Waals surface area contributed by atoms with Crippen LogP contribution in [-0.2, 0) is 9.53 Å². The molecule has 0 bridgehead atoms. The molecule has 0 spiro atoms. The Hall–Kier alpha value is -2.86. The second kappa shape index (κ2) is 11.3. The van der Waals surface area contributed by atoms with Crippen LogP contribution in [0.5, 0.6) is 0 Å². The Balaban J connectivity index is 1.37. The number of nitrogens with one attached hydrogen (secondary N) is 2. The molecule has 2 amide bonds. The third-order valence-corrected chi connectivity index (χ3v) is 6.85. The highest BCUT2D eigenvalue weighted by Gasteiger charge is 2.30. The second-order valence-electron chi connectivity index (χ2n) is 9.15. The van der Waals surface area contributed by atoms with Crippen LogP contribution in [0.4, 0.5) is 4.79 Å². The van der Waals surface area contributed by atoms with Crippen molar-refractivity contribution in [3.05, 3.63) is 59.7 Å². The van der Waals surface area contributed by atoms with Gasteiger partial charge in [-0.1, -0.05) is 67.8 Å². The molecule has 2 aromatic carbocycles. The number of carbonyl (C=O) groups is 2.